The zero-order valence-corrected chi connectivity index (χ0v) is 18.6. The molecule has 0 aromatic heterocycles. The fourth-order valence-corrected chi connectivity index (χ4v) is 4.38. The summed E-state index contributed by atoms with van der Waals surface area (Å²) < 4.78 is 5.17. The summed E-state index contributed by atoms with van der Waals surface area (Å²) in [5, 5.41) is 2.98. The van der Waals surface area contributed by atoms with Crippen molar-refractivity contribution in [1.82, 2.24) is 4.90 Å². The molecule has 3 rings (SSSR count). The van der Waals surface area contributed by atoms with Crippen LogP contribution in [0.15, 0.2) is 47.5 Å². The number of aliphatic imine (C=N–C) groups is 1. The number of aryl methyl sites for hydroxylation is 3. The van der Waals surface area contributed by atoms with E-state index in [1.54, 1.807) is 12.0 Å². The topological polar surface area (TPSA) is 71.0 Å². The Morgan fingerprint density at radius 1 is 1.13 bits per heavy atom. The third-order valence-corrected chi connectivity index (χ3v) is 6.07. The second-order valence-corrected chi connectivity index (χ2v) is 8.51. The van der Waals surface area contributed by atoms with Gasteiger partial charge in [0.1, 0.15) is 5.25 Å². The molecule has 0 aliphatic carbocycles. The van der Waals surface area contributed by atoms with E-state index in [1.165, 1.54) is 11.8 Å². The van der Waals surface area contributed by atoms with Crippen LogP contribution in [0.2, 0.25) is 0 Å². The van der Waals surface area contributed by atoms with Crippen LogP contribution in [0.4, 0.5) is 11.4 Å². The highest BCUT2D eigenvalue weighted by Gasteiger charge is 2.39. The van der Waals surface area contributed by atoms with Gasteiger partial charge >= 0.3 is 0 Å². The maximum atomic E-state index is 13.0. The Morgan fingerprint density at radius 3 is 2.43 bits per heavy atom. The van der Waals surface area contributed by atoms with Gasteiger partial charge in [-0.2, -0.15) is 0 Å². The van der Waals surface area contributed by atoms with Crippen molar-refractivity contribution in [1.29, 1.82) is 0 Å². The van der Waals surface area contributed by atoms with Crippen LogP contribution in [0.25, 0.3) is 0 Å². The molecule has 1 saturated heterocycles. The molecule has 0 spiro atoms. The number of amidine groups is 1. The minimum Gasteiger partial charge on any atom is -0.383 e. The molecule has 7 heteroatoms. The molecule has 2 aromatic rings. The molecule has 0 bridgehead atoms. The third-order valence-electron chi connectivity index (χ3n) is 4.89. The number of thioether (sulfide) groups is 1. The van der Waals surface area contributed by atoms with Gasteiger partial charge in [0.2, 0.25) is 11.8 Å². The number of ether oxygens (including phenoxy) is 1. The number of rotatable bonds is 7. The molecule has 158 valence electrons. The Bertz CT molecular complexity index is 936. The van der Waals surface area contributed by atoms with Crippen LogP contribution >= 0.6 is 11.8 Å². The van der Waals surface area contributed by atoms with E-state index < -0.39 is 5.25 Å². The Labute approximate surface area is 181 Å². The normalized spacial score (nSPS) is 17.6. The second-order valence-electron chi connectivity index (χ2n) is 7.34. The average Bonchev–Trinajstić information content (AvgIpc) is 2.99. The van der Waals surface area contributed by atoms with Gasteiger partial charge in [0.15, 0.2) is 5.17 Å². The number of hydrogen-bond donors (Lipinski definition) is 1. The van der Waals surface area contributed by atoms with Gasteiger partial charge in [-0.25, -0.2) is 4.99 Å². The molecule has 1 atom stereocenters. The monoisotopic (exact) mass is 425 g/mol. The minimum absolute atomic E-state index is 0.0899. The molecule has 1 fully saturated rings. The molecule has 1 aliphatic rings. The summed E-state index contributed by atoms with van der Waals surface area (Å²) >= 11 is 1.34. The molecular weight excluding hydrogens is 398 g/mol. The number of carbonyl (C=O) groups excluding carboxylic acids is 2. The summed E-state index contributed by atoms with van der Waals surface area (Å²) in [6.45, 7) is 6.80. The van der Waals surface area contributed by atoms with Crippen molar-refractivity contribution in [3.63, 3.8) is 0 Å². The van der Waals surface area contributed by atoms with Crippen LogP contribution in [0.5, 0.6) is 0 Å². The smallest absolute Gasteiger partial charge is 0.242 e. The minimum atomic E-state index is -0.504. The van der Waals surface area contributed by atoms with Gasteiger partial charge in [-0.3, -0.25) is 14.5 Å². The molecule has 1 heterocycles. The summed E-state index contributed by atoms with van der Waals surface area (Å²) in [5.74, 6) is -0.300. The summed E-state index contributed by atoms with van der Waals surface area (Å²) in [4.78, 5) is 32.0. The number of carbonyl (C=O) groups is 2. The SMILES string of the molecule is COCCN1C(=O)[C@@H](CC(=O)Nc2ccc(C)cc2)SC1=Nc1c(C)cccc1C. The molecule has 1 aliphatic heterocycles. The van der Waals surface area contributed by atoms with Crippen LogP contribution in [-0.4, -0.2) is 47.4 Å². The Balaban J connectivity index is 1.77. The summed E-state index contributed by atoms with van der Waals surface area (Å²) in [6.07, 6.45) is 0.0899. The van der Waals surface area contributed by atoms with Crippen LogP contribution < -0.4 is 5.32 Å². The molecule has 0 unspecified atom stereocenters. The highest BCUT2D eigenvalue weighted by atomic mass is 32.2. The Kier molecular flexibility index (Phi) is 7.29. The zero-order chi connectivity index (χ0) is 21.7. The first-order chi connectivity index (χ1) is 14.4. The number of nitrogens with zero attached hydrogens (tertiary/aromatic N) is 2. The van der Waals surface area contributed by atoms with E-state index in [0.29, 0.717) is 18.3 Å². The van der Waals surface area contributed by atoms with E-state index in [-0.39, 0.29) is 18.2 Å². The molecule has 30 heavy (non-hydrogen) atoms. The lowest BCUT2D eigenvalue weighted by molar-refractivity contribution is -0.128. The van der Waals surface area contributed by atoms with E-state index in [4.69, 9.17) is 9.73 Å². The lowest BCUT2D eigenvalue weighted by Crippen LogP contribution is -2.35. The van der Waals surface area contributed by atoms with Gasteiger partial charge in [-0.15, -0.1) is 0 Å². The van der Waals surface area contributed by atoms with E-state index >= 15 is 0 Å². The van der Waals surface area contributed by atoms with Crippen molar-refractivity contribution >= 4 is 40.1 Å². The fourth-order valence-electron chi connectivity index (χ4n) is 3.21. The van der Waals surface area contributed by atoms with Crippen LogP contribution in [-0.2, 0) is 14.3 Å². The van der Waals surface area contributed by atoms with Gasteiger partial charge in [-0.05, 0) is 44.0 Å². The number of hydrogen-bond acceptors (Lipinski definition) is 5. The Hall–Kier alpha value is -2.64. The largest absolute Gasteiger partial charge is 0.383 e. The number of amides is 2. The van der Waals surface area contributed by atoms with Crippen molar-refractivity contribution in [2.75, 3.05) is 25.6 Å². The average molecular weight is 426 g/mol. The van der Waals surface area contributed by atoms with Gasteiger partial charge in [-0.1, -0.05) is 47.7 Å². The number of anilines is 1. The van der Waals surface area contributed by atoms with Gasteiger partial charge in [0.25, 0.3) is 0 Å². The first kappa shape index (κ1) is 22.1. The van der Waals surface area contributed by atoms with Crippen LogP contribution in [0, 0.1) is 20.8 Å². The standard InChI is InChI=1S/C23H27N3O3S/c1-15-8-10-18(11-9-15)24-20(27)14-19-22(28)26(12-13-29-4)23(30-19)25-21-16(2)6-5-7-17(21)3/h5-11,19H,12-14H2,1-4H3,(H,24,27)/t19-/m1/s1. The van der Waals surface area contributed by atoms with Gasteiger partial charge < -0.3 is 10.1 Å². The molecule has 1 N–H and O–H groups in total. The van der Waals surface area contributed by atoms with E-state index in [2.05, 4.69) is 5.32 Å². The van der Waals surface area contributed by atoms with Crippen LogP contribution in [0.1, 0.15) is 23.1 Å². The van der Waals surface area contributed by atoms with Crippen molar-refractivity contribution in [3.8, 4) is 0 Å². The molecule has 0 radical (unpaired) electrons. The summed E-state index contributed by atoms with van der Waals surface area (Å²) in [5.41, 5.74) is 4.79. The Morgan fingerprint density at radius 2 is 1.80 bits per heavy atom. The zero-order valence-electron chi connectivity index (χ0n) is 17.8. The lowest BCUT2D eigenvalue weighted by Gasteiger charge is -2.16. The summed E-state index contributed by atoms with van der Waals surface area (Å²) in [7, 11) is 1.60. The highest BCUT2D eigenvalue weighted by Crippen LogP contribution is 2.33. The molecular formula is C23H27N3O3S. The third kappa shape index (κ3) is 5.29. The van der Waals surface area contributed by atoms with E-state index in [0.717, 1.165) is 28.1 Å². The first-order valence-electron chi connectivity index (χ1n) is 9.87. The number of nitrogens with one attached hydrogen (secondary N) is 1. The number of benzene rings is 2. The predicted octanol–water partition coefficient (Wildman–Crippen LogP) is 4.22. The maximum absolute atomic E-state index is 13.0. The number of para-hydroxylation sites is 1. The maximum Gasteiger partial charge on any atom is 0.242 e. The van der Waals surface area contributed by atoms with Crippen molar-refractivity contribution < 1.29 is 14.3 Å². The van der Waals surface area contributed by atoms with Gasteiger partial charge in [0.05, 0.1) is 18.8 Å². The first-order valence-corrected chi connectivity index (χ1v) is 10.8. The van der Waals surface area contributed by atoms with Gasteiger partial charge in [0, 0.05) is 19.2 Å². The van der Waals surface area contributed by atoms with Crippen molar-refractivity contribution in [2.24, 2.45) is 4.99 Å². The quantitative estimate of drug-likeness (QED) is 0.721. The highest BCUT2D eigenvalue weighted by molar-refractivity contribution is 8.15. The lowest BCUT2D eigenvalue weighted by atomic mass is 10.1. The molecule has 2 amide bonds. The molecule has 6 nitrogen and oxygen atoms in total. The predicted molar refractivity (Wildman–Crippen MR) is 122 cm³/mol. The van der Waals surface area contributed by atoms with Crippen LogP contribution in [0.3, 0.4) is 0 Å². The molecule has 0 saturated carbocycles. The van der Waals surface area contributed by atoms with Crippen molar-refractivity contribution in [3.05, 3.63) is 59.2 Å². The second kappa shape index (κ2) is 9.91. The fraction of sp³-hybridized carbons (Fsp3) is 0.348. The van der Waals surface area contributed by atoms with E-state index in [1.807, 2.05) is 63.2 Å². The molecule has 2 aromatic carbocycles. The number of methoxy groups -OCH3 is 1. The van der Waals surface area contributed by atoms with Crippen molar-refractivity contribution in [2.45, 2.75) is 32.4 Å². The van der Waals surface area contributed by atoms with E-state index in [9.17, 15) is 9.59 Å². The summed E-state index contributed by atoms with van der Waals surface area (Å²) in [6, 6.07) is 13.6.